The van der Waals surface area contributed by atoms with Crippen LogP contribution in [-0.2, 0) is 0 Å². The molecular weight excluding hydrogens is 308 g/mol. The third-order valence-electron chi connectivity index (χ3n) is 3.38. The second-order valence-corrected chi connectivity index (χ2v) is 5.91. The molecule has 0 fully saturated rings. The van der Waals surface area contributed by atoms with Gasteiger partial charge in [-0.1, -0.05) is 42.3 Å². The molecule has 0 heterocycles. The normalized spacial score (nSPS) is 12.4. The first kappa shape index (κ1) is 16.3. The monoisotopic (exact) mass is 325 g/mol. The average molecular weight is 326 g/mol. The molecule has 0 aliphatic carbocycles. The molecule has 0 radical (unpaired) electrons. The molecule has 1 nitrogen and oxygen atoms in total. The topological polar surface area (TPSA) is 12.0 Å². The van der Waals surface area contributed by atoms with Crippen LogP contribution in [0.2, 0.25) is 10.0 Å². The number of hydrogen-bond donors (Lipinski definition) is 1. The van der Waals surface area contributed by atoms with Crippen molar-refractivity contribution in [3.05, 3.63) is 69.0 Å². The fourth-order valence-electron chi connectivity index (χ4n) is 2.28. The van der Waals surface area contributed by atoms with Gasteiger partial charge in [-0.3, -0.25) is 0 Å². The summed E-state index contributed by atoms with van der Waals surface area (Å²) in [5.74, 6) is -0.204. The first-order valence-corrected chi connectivity index (χ1v) is 7.73. The Morgan fingerprint density at radius 2 is 1.90 bits per heavy atom. The minimum atomic E-state index is -0.204. The zero-order valence-electron chi connectivity index (χ0n) is 12.1. The predicted molar refractivity (Wildman–Crippen MR) is 87.7 cm³/mol. The summed E-state index contributed by atoms with van der Waals surface area (Å²) in [4.78, 5) is 0. The Hall–Kier alpha value is -1.09. The zero-order valence-corrected chi connectivity index (χ0v) is 13.6. The lowest BCUT2D eigenvalue weighted by Gasteiger charge is -2.21. The maximum Gasteiger partial charge on any atom is 0.126 e. The van der Waals surface area contributed by atoms with Gasteiger partial charge in [0.25, 0.3) is 0 Å². The van der Waals surface area contributed by atoms with E-state index < -0.39 is 0 Å². The molecule has 0 spiro atoms. The van der Waals surface area contributed by atoms with Crippen molar-refractivity contribution in [1.82, 2.24) is 5.32 Å². The third-order valence-corrected chi connectivity index (χ3v) is 3.96. The van der Waals surface area contributed by atoms with Crippen molar-refractivity contribution < 1.29 is 4.39 Å². The van der Waals surface area contributed by atoms with E-state index >= 15 is 0 Å². The number of rotatable bonds is 5. The van der Waals surface area contributed by atoms with E-state index in [0.29, 0.717) is 15.6 Å². The molecule has 0 amide bonds. The average Bonchev–Trinajstić information content (AvgIpc) is 2.46. The SMILES string of the molecule is CCCNC(c1ccc(F)c(C)c1)c1cc(Cl)ccc1Cl. The van der Waals surface area contributed by atoms with Crippen LogP contribution in [0.3, 0.4) is 0 Å². The van der Waals surface area contributed by atoms with Gasteiger partial charge in [0.2, 0.25) is 0 Å². The van der Waals surface area contributed by atoms with Crippen LogP contribution in [0, 0.1) is 12.7 Å². The molecule has 21 heavy (non-hydrogen) atoms. The molecule has 0 aromatic heterocycles. The zero-order chi connectivity index (χ0) is 15.4. The van der Waals surface area contributed by atoms with Crippen LogP contribution in [0.25, 0.3) is 0 Å². The highest BCUT2D eigenvalue weighted by Crippen LogP contribution is 2.31. The Bertz CT molecular complexity index is 628. The summed E-state index contributed by atoms with van der Waals surface area (Å²) in [6, 6.07) is 10.4. The van der Waals surface area contributed by atoms with Crippen molar-refractivity contribution in [1.29, 1.82) is 0 Å². The summed E-state index contributed by atoms with van der Waals surface area (Å²) in [5.41, 5.74) is 2.50. The van der Waals surface area contributed by atoms with Gasteiger partial charge in [-0.25, -0.2) is 4.39 Å². The van der Waals surface area contributed by atoms with E-state index in [9.17, 15) is 4.39 Å². The number of aryl methyl sites for hydroxylation is 1. The third kappa shape index (κ3) is 3.97. The van der Waals surface area contributed by atoms with Crippen molar-refractivity contribution in [3.63, 3.8) is 0 Å². The van der Waals surface area contributed by atoms with Gasteiger partial charge < -0.3 is 5.32 Å². The number of halogens is 3. The summed E-state index contributed by atoms with van der Waals surface area (Å²) in [6.07, 6.45) is 0.995. The smallest absolute Gasteiger partial charge is 0.126 e. The van der Waals surface area contributed by atoms with E-state index in [4.69, 9.17) is 23.2 Å². The maximum absolute atomic E-state index is 13.5. The van der Waals surface area contributed by atoms with Crippen molar-refractivity contribution >= 4 is 23.2 Å². The molecule has 1 atom stereocenters. The quantitative estimate of drug-likeness (QED) is 0.762. The van der Waals surface area contributed by atoms with Crippen LogP contribution in [0.5, 0.6) is 0 Å². The molecule has 112 valence electrons. The van der Waals surface area contributed by atoms with E-state index in [1.54, 1.807) is 25.1 Å². The highest BCUT2D eigenvalue weighted by atomic mass is 35.5. The van der Waals surface area contributed by atoms with Crippen molar-refractivity contribution in [2.75, 3.05) is 6.54 Å². The fourth-order valence-corrected chi connectivity index (χ4v) is 2.69. The second kappa shape index (κ2) is 7.26. The van der Waals surface area contributed by atoms with Gasteiger partial charge in [0.1, 0.15) is 5.82 Å². The van der Waals surface area contributed by atoms with Crippen LogP contribution in [0.1, 0.15) is 36.1 Å². The highest BCUT2D eigenvalue weighted by molar-refractivity contribution is 6.33. The molecular formula is C17H18Cl2FN. The van der Waals surface area contributed by atoms with E-state index in [0.717, 1.165) is 24.1 Å². The Morgan fingerprint density at radius 3 is 2.57 bits per heavy atom. The minimum absolute atomic E-state index is 0.101. The lowest BCUT2D eigenvalue weighted by Crippen LogP contribution is -2.23. The summed E-state index contributed by atoms with van der Waals surface area (Å²) in [7, 11) is 0. The molecule has 2 aromatic rings. The first-order chi connectivity index (χ1) is 10.0. The van der Waals surface area contributed by atoms with Crippen LogP contribution in [0.4, 0.5) is 4.39 Å². The van der Waals surface area contributed by atoms with Gasteiger partial charge in [0.15, 0.2) is 0 Å². The van der Waals surface area contributed by atoms with Gasteiger partial charge in [-0.15, -0.1) is 0 Å². The van der Waals surface area contributed by atoms with Gasteiger partial charge in [0.05, 0.1) is 6.04 Å². The lowest BCUT2D eigenvalue weighted by molar-refractivity contribution is 0.590. The van der Waals surface area contributed by atoms with Crippen molar-refractivity contribution in [3.8, 4) is 0 Å². The van der Waals surface area contributed by atoms with Gasteiger partial charge in [0, 0.05) is 10.0 Å². The molecule has 0 aliphatic rings. The molecule has 2 aromatic carbocycles. The second-order valence-electron chi connectivity index (χ2n) is 5.06. The summed E-state index contributed by atoms with van der Waals surface area (Å²) < 4.78 is 13.5. The van der Waals surface area contributed by atoms with Crippen LogP contribution >= 0.6 is 23.2 Å². The van der Waals surface area contributed by atoms with Crippen molar-refractivity contribution in [2.45, 2.75) is 26.3 Å². The number of benzene rings is 2. The molecule has 0 saturated heterocycles. The lowest BCUT2D eigenvalue weighted by atomic mass is 9.97. The van der Waals surface area contributed by atoms with Gasteiger partial charge in [-0.2, -0.15) is 0 Å². The van der Waals surface area contributed by atoms with Crippen molar-refractivity contribution in [2.24, 2.45) is 0 Å². The fraction of sp³-hybridized carbons (Fsp3) is 0.294. The molecule has 4 heteroatoms. The van der Waals surface area contributed by atoms with E-state index in [2.05, 4.69) is 12.2 Å². The Balaban J connectivity index is 2.46. The largest absolute Gasteiger partial charge is 0.306 e. The van der Waals surface area contributed by atoms with Crippen LogP contribution < -0.4 is 5.32 Å². The molecule has 0 bridgehead atoms. The standard InChI is InChI=1S/C17H18Cl2FN/c1-3-8-21-17(12-4-7-16(20)11(2)9-12)14-10-13(18)5-6-15(14)19/h4-7,9-10,17,21H,3,8H2,1-2H3. The Labute approximate surface area is 135 Å². The molecule has 1 N–H and O–H groups in total. The van der Waals surface area contributed by atoms with E-state index in [1.807, 2.05) is 12.1 Å². The van der Waals surface area contributed by atoms with Crippen LogP contribution in [0.15, 0.2) is 36.4 Å². The maximum atomic E-state index is 13.5. The molecule has 0 aliphatic heterocycles. The molecule has 0 saturated carbocycles. The van der Waals surface area contributed by atoms with Crippen LogP contribution in [-0.4, -0.2) is 6.54 Å². The highest BCUT2D eigenvalue weighted by Gasteiger charge is 2.17. The predicted octanol–water partition coefficient (Wildman–Crippen LogP) is 5.53. The summed E-state index contributed by atoms with van der Waals surface area (Å²) >= 11 is 12.4. The summed E-state index contributed by atoms with van der Waals surface area (Å²) in [5, 5.41) is 4.74. The Kier molecular flexibility index (Phi) is 5.63. The van der Waals surface area contributed by atoms with Gasteiger partial charge in [-0.05, 0) is 60.8 Å². The minimum Gasteiger partial charge on any atom is -0.306 e. The number of hydrogen-bond acceptors (Lipinski definition) is 1. The first-order valence-electron chi connectivity index (χ1n) is 6.97. The van der Waals surface area contributed by atoms with E-state index in [-0.39, 0.29) is 11.9 Å². The molecule has 1 unspecified atom stereocenters. The number of nitrogens with one attached hydrogen (secondary N) is 1. The van der Waals surface area contributed by atoms with E-state index in [1.165, 1.54) is 6.07 Å². The van der Waals surface area contributed by atoms with Gasteiger partial charge >= 0.3 is 0 Å². The Morgan fingerprint density at radius 1 is 1.14 bits per heavy atom. The molecule has 2 rings (SSSR count). The summed E-state index contributed by atoms with van der Waals surface area (Å²) in [6.45, 7) is 4.69.